The smallest absolute Gasteiger partial charge is 0.237 e. The molecular formula is C25H27FN4O3. The Morgan fingerprint density at radius 3 is 3.00 bits per heavy atom. The average molecular weight is 451 g/mol. The summed E-state index contributed by atoms with van der Waals surface area (Å²) in [7, 11) is 1.57. The van der Waals surface area contributed by atoms with Gasteiger partial charge in [0, 0.05) is 42.5 Å². The van der Waals surface area contributed by atoms with Gasteiger partial charge in [0.25, 0.3) is 0 Å². The van der Waals surface area contributed by atoms with Crippen molar-refractivity contribution in [2.24, 2.45) is 0 Å². The molecule has 1 aromatic carbocycles. The molecule has 4 heterocycles. The maximum Gasteiger partial charge on any atom is 0.237 e. The number of benzene rings is 1. The van der Waals surface area contributed by atoms with E-state index in [4.69, 9.17) is 4.74 Å². The van der Waals surface area contributed by atoms with Gasteiger partial charge in [0.2, 0.25) is 5.91 Å². The normalized spacial score (nSPS) is 18.8. The van der Waals surface area contributed by atoms with Crippen LogP contribution in [0.2, 0.25) is 0 Å². The summed E-state index contributed by atoms with van der Waals surface area (Å²) in [4.78, 5) is 24.5. The number of methoxy groups -OCH3 is 1. The summed E-state index contributed by atoms with van der Waals surface area (Å²) in [5.41, 5.74) is 4.26. The van der Waals surface area contributed by atoms with Crippen LogP contribution in [-0.2, 0) is 4.79 Å². The monoisotopic (exact) mass is 450 g/mol. The molecule has 0 unspecified atom stereocenters. The van der Waals surface area contributed by atoms with Gasteiger partial charge in [0.1, 0.15) is 17.2 Å². The summed E-state index contributed by atoms with van der Waals surface area (Å²) >= 11 is 0. The van der Waals surface area contributed by atoms with Gasteiger partial charge >= 0.3 is 0 Å². The minimum atomic E-state index is -0.327. The first-order chi connectivity index (χ1) is 16.1. The molecule has 8 heteroatoms. The number of hydrogen-bond donors (Lipinski definition) is 2. The van der Waals surface area contributed by atoms with Gasteiger partial charge in [0.15, 0.2) is 0 Å². The van der Waals surface area contributed by atoms with Crippen LogP contribution in [0.5, 0.6) is 5.75 Å². The number of pyridine rings is 1. The number of carbonyl (C=O) groups is 1. The lowest BCUT2D eigenvalue weighted by Crippen LogP contribution is -2.43. The molecule has 2 aliphatic heterocycles. The van der Waals surface area contributed by atoms with E-state index in [1.807, 2.05) is 17.0 Å². The number of halogens is 1. The molecule has 0 bridgehead atoms. The lowest BCUT2D eigenvalue weighted by molar-refractivity contribution is -0.133. The second-order valence-corrected chi connectivity index (χ2v) is 8.61. The first-order valence-electron chi connectivity index (χ1n) is 11.2. The summed E-state index contributed by atoms with van der Waals surface area (Å²) in [6.07, 6.45) is 5.63. The third kappa shape index (κ3) is 4.12. The highest BCUT2D eigenvalue weighted by Crippen LogP contribution is 2.36. The van der Waals surface area contributed by atoms with E-state index < -0.39 is 0 Å². The fourth-order valence-corrected chi connectivity index (χ4v) is 4.89. The van der Waals surface area contributed by atoms with Crippen molar-refractivity contribution in [2.45, 2.75) is 18.9 Å². The van der Waals surface area contributed by atoms with E-state index in [1.165, 1.54) is 12.1 Å². The number of aliphatic hydroxyl groups excluding tert-OH is 1. The number of rotatable bonds is 6. The number of nitrogens with one attached hydrogen (secondary N) is 1. The Kier molecular flexibility index (Phi) is 5.86. The highest BCUT2D eigenvalue weighted by molar-refractivity contribution is 5.97. The number of fused-ring (bicyclic) bond motifs is 1. The van der Waals surface area contributed by atoms with Gasteiger partial charge in [-0.2, -0.15) is 0 Å². The van der Waals surface area contributed by atoms with Crippen LogP contribution in [0.15, 0.2) is 42.6 Å². The van der Waals surface area contributed by atoms with E-state index in [-0.39, 0.29) is 24.4 Å². The molecule has 2 aromatic heterocycles. The number of aromatic amines is 1. The van der Waals surface area contributed by atoms with Gasteiger partial charge in [-0.1, -0.05) is 6.08 Å². The molecule has 0 saturated carbocycles. The van der Waals surface area contributed by atoms with Crippen LogP contribution in [0.4, 0.5) is 4.39 Å². The van der Waals surface area contributed by atoms with Crippen LogP contribution >= 0.6 is 0 Å². The van der Waals surface area contributed by atoms with E-state index in [0.29, 0.717) is 36.6 Å². The molecule has 7 nitrogen and oxygen atoms in total. The van der Waals surface area contributed by atoms with Gasteiger partial charge in [-0.15, -0.1) is 0 Å². The van der Waals surface area contributed by atoms with Gasteiger partial charge in [-0.25, -0.2) is 9.37 Å². The molecule has 2 aliphatic rings. The number of H-pyrrole nitrogens is 1. The third-order valence-electron chi connectivity index (χ3n) is 6.59. The number of hydrogen-bond acceptors (Lipinski definition) is 5. The molecule has 0 radical (unpaired) electrons. The predicted molar refractivity (Wildman–Crippen MR) is 124 cm³/mol. The van der Waals surface area contributed by atoms with Crippen molar-refractivity contribution < 1.29 is 19.0 Å². The second kappa shape index (κ2) is 8.96. The Labute approximate surface area is 191 Å². The van der Waals surface area contributed by atoms with Crippen LogP contribution < -0.4 is 4.74 Å². The molecule has 33 heavy (non-hydrogen) atoms. The number of nitrogens with zero attached hydrogens (tertiary/aromatic N) is 3. The van der Waals surface area contributed by atoms with E-state index >= 15 is 0 Å². The zero-order valence-corrected chi connectivity index (χ0v) is 18.6. The molecule has 5 rings (SSSR count). The molecule has 172 valence electrons. The van der Waals surface area contributed by atoms with Crippen molar-refractivity contribution in [3.63, 3.8) is 0 Å². The van der Waals surface area contributed by atoms with E-state index in [9.17, 15) is 14.3 Å². The maximum atomic E-state index is 14.0. The topological polar surface area (TPSA) is 81.7 Å². The summed E-state index contributed by atoms with van der Waals surface area (Å²) in [5.74, 6) is 0.339. The Balaban J connectivity index is 1.36. The van der Waals surface area contributed by atoms with E-state index in [1.54, 1.807) is 19.4 Å². The van der Waals surface area contributed by atoms with Crippen molar-refractivity contribution in [3.8, 4) is 16.9 Å². The summed E-state index contributed by atoms with van der Waals surface area (Å²) in [5, 5.41) is 10.4. The van der Waals surface area contributed by atoms with Crippen molar-refractivity contribution in [3.05, 3.63) is 54.1 Å². The Morgan fingerprint density at radius 2 is 2.18 bits per heavy atom. The van der Waals surface area contributed by atoms with E-state index in [2.05, 4.69) is 20.9 Å². The Bertz CT molecular complexity index is 1220. The van der Waals surface area contributed by atoms with Gasteiger partial charge in [-0.05, 0) is 54.3 Å². The molecular weight excluding hydrogens is 423 g/mol. The number of amides is 1. The van der Waals surface area contributed by atoms with Crippen LogP contribution in [0.1, 0.15) is 18.5 Å². The van der Waals surface area contributed by atoms with Crippen molar-refractivity contribution >= 4 is 22.5 Å². The zero-order valence-electron chi connectivity index (χ0n) is 18.6. The zero-order chi connectivity index (χ0) is 22.9. The van der Waals surface area contributed by atoms with Gasteiger partial charge in [-0.3, -0.25) is 9.69 Å². The predicted octanol–water partition coefficient (Wildman–Crippen LogP) is 3.06. The molecule has 2 N–H and O–H groups in total. The minimum absolute atomic E-state index is 0.0235. The molecule has 1 amide bonds. The fraction of sp³-hybridized carbons (Fsp3) is 0.360. The number of carbonyl (C=O) groups excluding carboxylic acids is 1. The summed E-state index contributed by atoms with van der Waals surface area (Å²) < 4.78 is 19.4. The standard InChI is InChI=1S/C25H27FN4O3/c1-33-23-5-4-17(26)11-20(23)19-6-8-27-25-21(19)12-22(28-25)16-7-10-29(13-16)14-24(32)30-9-2-3-18(30)15-31/h4-8,11-12,18,31H,2-3,9-10,13-15H2,1H3,(H,27,28)/t18-/m0/s1. The van der Waals surface area contributed by atoms with Crippen LogP contribution in [0.25, 0.3) is 27.7 Å². The largest absolute Gasteiger partial charge is 0.496 e. The number of aliphatic hydroxyl groups is 1. The Morgan fingerprint density at radius 1 is 1.30 bits per heavy atom. The third-order valence-corrected chi connectivity index (χ3v) is 6.59. The van der Waals surface area contributed by atoms with Crippen LogP contribution in [-0.4, -0.2) is 76.7 Å². The fourth-order valence-electron chi connectivity index (χ4n) is 4.89. The van der Waals surface area contributed by atoms with Crippen molar-refractivity contribution in [2.75, 3.05) is 39.9 Å². The molecule has 0 aliphatic carbocycles. The van der Waals surface area contributed by atoms with Crippen molar-refractivity contribution in [1.82, 2.24) is 19.8 Å². The number of ether oxygens (including phenoxy) is 1. The molecule has 1 saturated heterocycles. The highest BCUT2D eigenvalue weighted by atomic mass is 19.1. The first-order valence-corrected chi connectivity index (χ1v) is 11.2. The summed E-state index contributed by atoms with van der Waals surface area (Å²) in [6, 6.07) is 8.32. The molecule has 1 fully saturated rings. The lowest BCUT2D eigenvalue weighted by Gasteiger charge is -2.25. The van der Waals surface area contributed by atoms with Crippen molar-refractivity contribution in [1.29, 1.82) is 0 Å². The second-order valence-electron chi connectivity index (χ2n) is 8.61. The molecule has 1 atom stereocenters. The van der Waals surface area contributed by atoms with Crippen LogP contribution in [0.3, 0.4) is 0 Å². The SMILES string of the molecule is COc1ccc(F)cc1-c1ccnc2[nH]c(C3=CCN(CC(=O)N4CCC[C@H]4CO)C3)cc12. The van der Waals surface area contributed by atoms with Gasteiger partial charge < -0.3 is 19.7 Å². The van der Waals surface area contributed by atoms with Crippen LogP contribution in [0, 0.1) is 5.82 Å². The average Bonchev–Trinajstić information content (AvgIpc) is 3.57. The molecule has 0 spiro atoms. The highest BCUT2D eigenvalue weighted by Gasteiger charge is 2.30. The molecule has 3 aromatic rings. The van der Waals surface area contributed by atoms with Gasteiger partial charge in [0.05, 0.1) is 26.3 Å². The lowest BCUT2D eigenvalue weighted by atomic mass is 10.0. The maximum absolute atomic E-state index is 14.0. The quantitative estimate of drug-likeness (QED) is 0.603. The number of aromatic nitrogens is 2. The minimum Gasteiger partial charge on any atom is -0.496 e. The Hall–Kier alpha value is -3.23. The summed E-state index contributed by atoms with van der Waals surface area (Å²) in [6.45, 7) is 2.41. The van der Waals surface area contributed by atoms with E-state index in [0.717, 1.165) is 41.6 Å². The first kappa shape index (κ1) is 21.6. The number of likely N-dealkylation sites (tertiary alicyclic amines) is 1.